The summed E-state index contributed by atoms with van der Waals surface area (Å²) in [6, 6.07) is 0.0553. The lowest BCUT2D eigenvalue weighted by Gasteiger charge is -2.39. The molecule has 1 N–H and O–H groups in total. The number of hydrogen-bond donors (Lipinski definition) is 1. The molecule has 23 heavy (non-hydrogen) atoms. The van der Waals surface area contributed by atoms with E-state index in [9.17, 15) is 9.59 Å². The van der Waals surface area contributed by atoms with Crippen LogP contribution in [0.4, 0.5) is 9.93 Å². The molecule has 0 aliphatic carbocycles. The number of aryl methyl sites for hydroxylation is 1. The topological polar surface area (TPSA) is 80.8 Å². The number of alkyl carbamates (subject to hydrolysis) is 1. The maximum Gasteiger partial charge on any atom is 0.407 e. The third-order valence-corrected chi connectivity index (χ3v) is 4.74. The Hall–Kier alpha value is -1.83. The van der Waals surface area contributed by atoms with Crippen molar-refractivity contribution in [2.24, 2.45) is 0 Å². The summed E-state index contributed by atoms with van der Waals surface area (Å²) in [7, 11) is 1.37. The zero-order chi connectivity index (χ0) is 16.8. The molecule has 7 nitrogen and oxygen atoms in total. The van der Waals surface area contributed by atoms with Crippen LogP contribution < -0.4 is 10.2 Å². The summed E-state index contributed by atoms with van der Waals surface area (Å²) in [4.78, 5) is 30.4. The lowest BCUT2D eigenvalue weighted by molar-refractivity contribution is 0.0604. The fraction of sp³-hybridized carbons (Fsp3) is 0.667. The van der Waals surface area contributed by atoms with Crippen LogP contribution >= 0.6 is 11.3 Å². The van der Waals surface area contributed by atoms with Gasteiger partial charge in [-0.2, -0.15) is 0 Å². The minimum Gasteiger partial charge on any atom is -0.465 e. The van der Waals surface area contributed by atoms with Gasteiger partial charge in [-0.3, -0.25) is 0 Å². The summed E-state index contributed by atoms with van der Waals surface area (Å²) in [5.74, 6) is -0.347. The average Bonchev–Trinajstić information content (AvgIpc) is 2.93. The van der Waals surface area contributed by atoms with Crippen molar-refractivity contribution >= 4 is 28.5 Å². The van der Waals surface area contributed by atoms with Crippen LogP contribution in [0.1, 0.15) is 42.1 Å². The smallest absolute Gasteiger partial charge is 0.407 e. The lowest BCUT2D eigenvalue weighted by atomic mass is 10.1. The molecule has 1 amide bonds. The fourth-order valence-electron chi connectivity index (χ4n) is 2.21. The molecule has 1 aromatic heterocycles. The molecule has 0 bridgehead atoms. The van der Waals surface area contributed by atoms with Crippen molar-refractivity contribution in [1.29, 1.82) is 0 Å². The van der Waals surface area contributed by atoms with Gasteiger partial charge in [-0.05, 0) is 12.8 Å². The van der Waals surface area contributed by atoms with Gasteiger partial charge in [0.15, 0.2) is 5.13 Å². The Bertz CT molecular complexity index is 555. The minimum atomic E-state index is -0.369. The van der Waals surface area contributed by atoms with Gasteiger partial charge < -0.3 is 19.7 Å². The highest BCUT2D eigenvalue weighted by Crippen LogP contribution is 2.30. The van der Waals surface area contributed by atoms with Crippen molar-refractivity contribution in [3.05, 3.63) is 10.6 Å². The normalized spacial score (nSPS) is 14.3. The van der Waals surface area contributed by atoms with Gasteiger partial charge in [-0.15, -0.1) is 0 Å². The maximum absolute atomic E-state index is 11.7. The number of unbranched alkanes of at least 4 members (excludes halogenated alkanes) is 1. The van der Waals surface area contributed by atoms with Crippen LogP contribution in [0.15, 0.2) is 0 Å². The van der Waals surface area contributed by atoms with Gasteiger partial charge in [0.2, 0.25) is 0 Å². The number of anilines is 1. The first-order valence-corrected chi connectivity index (χ1v) is 8.66. The van der Waals surface area contributed by atoms with Crippen LogP contribution in [0.5, 0.6) is 0 Å². The summed E-state index contributed by atoms with van der Waals surface area (Å²) in [5.41, 5.74) is 0.757. The van der Waals surface area contributed by atoms with Crippen molar-refractivity contribution < 1.29 is 19.1 Å². The molecule has 1 saturated heterocycles. The Balaban J connectivity index is 1.84. The van der Waals surface area contributed by atoms with Crippen molar-refractivity contribution in [2.75, 3.05) is 31.7 Å². The highest BCUT2D eigenvalue weighted by molar-refractivity contribution is 7.17. The number of ether oxygens (including phenoxy) is 2. The second-order valence-corrected chi connectivity index (χ2v) is 6.33. The van der Waals surface area contributed by atoms with E-state index in [1.54, 1.807) is 0 Å². The first-order chi connectivity index (χ1) is 11.1. The first-order valence-electron chi connectivity index (χ1n) is 7.85. The fourth-order valence-corrected chi connectivity index (χ4v) is 3.30. The van der Waals surface area contributed by atoms with Crippen molar-refractivity contribution in [2.45, 2.75) is 39.2 Å². The first kappa shape index (κ1) is 17.5. The summed E-state index contributed by atoms with van der Waals surface area (Å²) < 4.78 is 9.86. The van der Waals surface area contributed by atoms with Gasteiger partial charge in [0, 0.05) is 13.1 Å². The quantitative estimate of drug-likeness (QED) is 0.605. The van der Waals surface area contributed by atoms with Crippen LogP contribution in [-0.4, -0.2) is 49.9 Å². The van der Waals surface area contributed by atoms with Crippen LogP contribution in [-0.2, 0) is 15.9 Å². The third kappa shape index (κ3) is 4.34. The van der Waals surface area contributed by atoms with Crippen molar-refractivity contribution in [3.63, 3.8) is 0 Å². The summed E-state index contributed by atoms with van der Waals surface area (Å²) in [6.45, 7) is 5.79. The molecule has 0 aromatic carbocycles. The molecule has 1 aliphatic rings. The van der Waals surface area contributed by atoms with Gasteiger partial charge in [-0.1, -0.05) is 31.6 Å². The molecule has 1 aromatic rings. The maximum atomic E-state index is 11.7. The standard InChI is InChI=1S/C15H23N3O4S/c1-4-6-7-22-15(20)16-10-8-18(9-10)14-17-11(5-2)12(23-14)13(19)21-3/h10H,4-9H2,1-3H3,(H,16,20). The Morgan fingerprint density at radius 2 is 2.13 bits per heavy atom. The number of aromatic nitrogens is 1. The number of thiazole rings is 1. The second kappa shape index (κ2) is 8.14. The Kier molecular flexibility index (Phi) is 6.20. The summed E-state index contributed by atoms with van der Waals surface area (Å²) >= 11 is 1.33. The van der Waals surface area contributed by atoms with Gasteiger partial charge in [0.1, 0.15) is 4.88 Å². The van der Waals surface area contributed by atoms with Gasteiger partial charge in [0.05, 0.1) is 25.5 Å². The monoisotopic (exact) mass is 341 g/mol. The number of esters is 1. The Labute approximate surface area is 140 Å². The zero-order valence-electron chi connectivity index (χ0n) is 13.8. The molecule has 1 fully saturated rings. The summed E-state index contributed by atoms with van der Waals surface area (Å²) in [5, 5.41) is 3.62. The zero-order valence-corrected chi connectivity index (χ0v) is 14.6. The number of methoxy groups -OCH3 is 1. The van der Waals surface area contributed by atoms with E-state index < -0.39 is 0 Å². The van der Waals surface area contributed by atoms with Crippen LogP contribution in [0.3, 0.4) is 0 Å². The number of amides is 1. The van der Waals surface area contributed by atoms with Crippen LogP contribution in [0.2, 0.25) is 0 Å². The van der Waals surface area contributed by atoms with Gasteiger partial charge in [0.25, 0.3) is 0 Å². The van der Waals surface area contributed by atoms with E-state index in [0.29, 0.717) is 31.0 Å². The Morgan fingerprint density at radius 3 is 2.74 bits per heavy atom. The molecule has 1 aliphatic heterocycles. The number of hydrogen-bond acceptors (Lipinski definition) is 7. The second-order valence-electron chi connectivity index (χ2n) is 5.35. The molecule has 8 heteroatoms. The number of carbonyl (C=O) groups excluding carboxylic acids is 2. The van der Waals surface area contributed by atoms with E-state index in [4.69, 9.17) is 9.47 Å². The molecular formula is C15H23N3O4S. The van der Waals surface area contributed by atoms with E-state index in [1.807, 2.05) is 18.7 Å². The van der Waals surface area contributed by atoms with E-state index in [2.05, 4.69) is 10.3 Å². The number of nitrogens with zero attached hydrogens (tertiary/aromatic N) is 2. The number of rotatable bonds is 7. The van der Waals surface area contributed by atoms with Crippen LogP contribution in [0, 0.1) is 0 Å². The van der Waals surface area contributed by atoms with Crippen molar-refractivity contribution in [1.82, 2.24) is 10.3 Å². The van der Waals surface area contributed by atoms with Crippen molar-refractivity contribution in [3.8, 4) is 0 Å². The predicted molar refractivity (Wildman–Crippen MR) is 88.2 cm³/mol. The summed E-state index contributed by atoms with van der Waals surface area (Å²) in [6.07, 6.45) is 2.18. The largest absolute Gasteiger partial charge is 0.465 e. The molecule has 0 radical (unpaired) electrons. The minimum absolute atomic E-state index is 0.0553. The highest BCUT2D eigenvalue weighted by Gasteiger charge is 2.32. The average molecular weight is 341 g/mol. The van der Waals surface area contributed by atoms with Gasteiger partial charge >= 0.3 is 12.1 Å². The van der Waals surface area contributed by atoms with E-state index in [0.717, 1.165) is 23.7 Å². The van der Waals surface area contributed by atoms with E-state index >= 15 is 0 Å². The van der Waals surface area contributed by atoms with Gasteiger partial charge in [-0.25, -0.2) is 14.6 Å². The Morgan fingerprint density at radius 1 is 1.39 bits per heavy atom. The molecule has 0 saturated carbocycles. The SMILES string of the molecule is CCCCOC(=O)NC1CN(c2nc(CC)c(C(=O)OC)s2)C1. The highest BCUT2D eigenvalue weighted by atomic mass is 32.1. The molecule has 0 atom stereocenters. The molecule has 2 rings (SSSR count). The predicted octanol–water partition coefficient (Wildman–Crippen LogP) is 2.21. The molecular weight excluding hydrogens is 318 g/mol. The molecule has 128 valence electrons. The van der Waals surface area contributed by atoms with E-state index in [1.165, 1.54) is 18.4 Å². The number of nitrogens with one attached hydrogen (secondary N) is 1. The molecule has 0 spiro atoms. The number of carbonyl (C=O) groups is 2. The van der Waals surface area contributed by atoms with E-state index in [-0.39, 0.29) is 18.1 Å². The molecule has 0 unspecified atom stereocenters. The van der Waals surface area contributed by atoms with Crippen LogP contribution in [0.25, 0.3) is 0 Å². The third-order valence-electron chi connectivity index (χ3n) is 3.60. The lowest BCUT2D eigenvalue weighted by Crippen LogP contribution is -2.59. The molecule has 2 heterocycles.